The highest BCUT2D eigenvalue weighted by atomic mass is 14.4. The summed E-state index contributed by atoms with van der Waals surface area (Å²) in [6, 6.07) is 17.9. The molecule has 0 bridgehead atoms. The van der Waals surface area contributed by atoms with Crippen LogP contribution in [0.15, 0.2) is 48.5 Å². The van der Waals surface area contributed by atoms with Gasteiger partial charge in [0.2, 0.25) is 0 Å². The van der Waals surface area contributed by atoms with Crippen molar-refractivity contribution in [1.29, 1.82) is 0 Å². The second kappa shape index (κ2) is 10.3. The number of rotatable bonds is 5. The van der Waals surface area contributed by atoms with Crippen LogP contribution in [0.2, 0.25) is 0 Å². The van der Waals surface area contributed by atoms with Crippen molar-refractivity contribution >= 4 is 0 Å². The highest BCUT2D eigenvalue weighted by molar-refractivity contribution is 5.44. The highest BCUT2D eigenvalue weighted by Crippen LogP contribution is 2.48. The fourth-order valence-corrected chi connectivity index (χ4v) is 5.99. The first-order valence-electron chi connectivity index (χ1n) is 12.5. The van der Waals surface area contributed by atoms with Crippen LogP contribution in [0.1, 0.15) is 99.8 Å². The molecule has 0 aromatic heterocycles. The van der Waals surface area contributed by atoms with Gasteiger partial charge in [-0.3, -0.25) is 0 Å². The molecular formula is C30H38. The Labute approximate surface area is 184 Å². The molecule has 4 unspecified atom stereocenters. The molecule has 4 atom stereocenters. The van der Waals surface area contributed by atoms with Gasteiger partial charge in [0.05, 0.1) is 0 Å². The van der Waals surface area contributed by atoms with Gasteiger partial charge < -0.3 is 0 Å². The summed E-state index contributed by atoms with van der Waals surface area (Å²) >= 11 is 0. The van der Waals surface area contributed by atoms with E-state index in [0.717, 1.165) is 41.2 Å². The summed E-state index contributed by atoms with van der Waals surface area (Å²) < 4.78 is 0. The van der Waals surface area contributed by atoms with Crippen molar-refractivity contribution in [3.05, 3.63) is 70.8 Å². The van der Waals surface area contributed by atoms with Gasteiger partial charge >= 0.3 is 0 Å². The molecule has 2 saturated carbocycles. The Kier molecular flexibility index (Phi) is 7.33. The van der Waals surface area contributed by atoms with Crippen molar-refractivity contribution in [2.75, 3.05) is 0 Å². The number of hydrogen-bond donors (Lipinski definition) is 0. The summed E-state index contributed by atoms with van der Waals surface area (Å²) in [4.78, 5) is 0. The van der Waals surface area contributed by atoms with Gasteiger partial charge in [0, 0.05) is 11.1 Å². The summed E-state index contributed by atoms with van der Waals surface area (Å²) in [6.07, 6.45) is 13.9. The average Bonchev–Trinajstić information content (AvgIpc) is 2.79. The lowest BCUT2D eigenvalue weighted by atomic mass is 9.63. The number of fused-ring (bicyclic) bond motifs is 1. The fourth-order valence-electron chi connectivity index (χ4n) is 5.99. The van der Waals surface area contributed by atoms with E-state index in [4.69, 9.17) is 0 Å². The van der Waals surface area contributed by atoms with Crippen molar-refractivity contribution in [2.24, 2.45) is 17.8 Å². The number of hydrogen-bond acceptors (Lipinski definition) is 0. The standard InChI is InChI=1S/C30H38/c1-3-5-23-7-9-24(10-8-23)11-12-25-13-16-27(17-14-25)29-20-19-28-21-26(6-4-2)15-18-30(28)22-29/h7-10,13-14,16-17,26,28-30H,3-6,15,18-22H2,1-2H3. The third-order valence-corrected chi connectivity index (χ3v) is 7.64. The lowest BCUT2D eigenvalue weighted by Crippen LogP contribution is -2.30. The Morgan fingerprint density at radius 2 is 1.33 bits per heavy atom. The summed E-state index contributed by atoms with van der Waals surface area (Å²) in [5.74, 6) is 10.5. The van der Waals surface area contributed by atoms with E-state index >= 15 is 0 Å². The van der Waals surface area contributed by atoms with Gasteiger partial charge in [0.15, 0.2) is 0 Å². The molecule has 4 rings (SSSR count). The van der Waals surface area contributed by atoms with Gasteiger partial charge in [-0.1, -0.05) is 75.6 Å². The smallest absolute Gasteiger partial charge is 0.0249 e. The van der Waals surface area contributed by atoms with Crippen LogP contribution in [0.4, 0.5) is 0 Å². The lowest BCUT2D eigenvalue weighted by Gasteiger charge is -2.42. The van der Waals surface area contributed by atoms with Crippen molar-refractivity contribution in [1.82, 2.24) is 0 Å². The summed E-state index contributed by atoms with van der Waals surface area (Å²) in [7, 11) is 0. The molecule has 0 N–H and O–H groups in total. The molecule has 2 aliphatic rings. The minimum absolute atomic E-state index is 0.766. The second-order valence-electron chi connectivity index (χ2n) is 9.82. The zero-order valence-corrected chi connectivity index (χ0v) is 19.0. The van der Waals surface area contributed by atoms with E-state index in [1.807, 2.05) is 0 Å². The summed E-state index contributed by atoms with van der Waals surface area (Å²) in [6.45, 7) is 4.57. The molecule has 0 radical (unpaired) electrons. The molecule has 0 heteroatoms. The SMILES string of the molecule is CCCc1ccc(C#Cc2ccc(C3CCC4CC(CCC)CCC4C3)cc2)cc1. The zero-order chi connectivity index (χ0) is 20.8. The van der Waals surface area contributed by atoms with Gasteiger partial charge in [-0.2, -0.15) is 0 Å². The van der Waals surface area contributed by atoms with E-state index in [9.17, 15) is 0 Å². The molecule has 158 valence electrons. The summed E-state index contributed by atoms with van der Waals surface area (Å²) in [5, 5.41) is 0. The van der Waals surface area contributed by atoms with Crippen LogP contribution in [0.5, 0.6) is 0 Å². The topological polar surface area (TPSA) is 0 Å². The molecule has 0 aliphatic heterocycles. The van der Waals surface area contributed by atoms with Crippen molar-refractivity contribution < 1.29 is 0 Å². The molecule has 0 saturated heterocycles. The fraction of sp³-hybridized carbons (Fsp3) is 0.533. The third kappa shape index (κ3) is 5.37. The van der Waals surface area contributed by atoms with Crippen molar-refractivity contribution in [3.8, 4) is 11.8 Å². The van der Waals surface area contributed by atoms with E-state index in [0.29, 0.717) is 0 Å². The van der Waals surface area contributed by atoms with Crippen molar-refractivity contribution in [2.45, 2.75) is 84.0 Å². The third-order valence-electron chi connectivity index (χ3n) is 7.64. The maximum atomic E-state index is 3.35. The molecule has 2 fully saturated rings. The largest absolute Gasteiger partial charge is 0.0654 e. The normalized spacial score (nSPS) is 25.8. The van der Waals surface area contributed by atoms with Crippen LogP contribution in [-0.4, -0.2) is 0 Å². The monoisotopic (exact) mass is 398 g/mol. The van der Waals surface area contributed by atoms with Gasteiger partial charge in [0.1, 0.15) is 0 Å². The van der Waals surface area contributed by atoms with Crippen LogP contribution >= 0.6 is 0 Å². The van der Waals surface area contributed by atoms with Crippen molar-refractivity contribution in [3.63, 3.8) is 0 Å². The van der Waals surface area contributed by atoms with Gasteiger partial charge in [-0.15, -0.1) is 0 Å². The quantitative estimate of drug-likeness (QED) is 0.446. The second-order valence-corrected chi connectivity index (χ2v) is 9.82. The Morgan fingerprint density at radius 1 is 0.700 bits per heavy atom. The molecule has 0 heterocycles. The summed E-state index contributed by atoms with van der Waals surface area (Å²) in [5.41, 5.74) is 5.18. The minimum Gasteiger partial charge on any atom is -0.0654 e. The van der Waals surface area contributed by atoms with E-state index in [-0.39, 0.29) is 0 Å². The molecule has 30 heavy (non-hydrogen) atoms. The molecule has 0 amide bonds. The van der Waals surface area contributed by atoms with Crippen LogP contribution in [-0.2, 0) is 6.42 Å². The van der Waals surface area contributed by atoms with Crippen LogP contribution in [0.25, 0.3) is 0 Å². The lowest BCUT2D eigenvalue weighted by molar-refractivity contribution is 0.114. The zero-order valence-electron chi connectivity index (χ0n) is 19.0. The van der Waals surface area contributed by atoms with E-state index in [1.54, 1.807) is 5.56 Å². The van der Waals surface area contributed by atoms with Gasteiger partial charge in [0.25, 0.3) is 0 Å². The molecule has 0 nitrogen and oxygen atoms in total. The minimum atomic E-state index is 0.766. The van der Waals surface area contributed by atoms with E-state index < -0.39 is 0 Å². The number of aryl methyl sites for hydroxylation is 1. The first-order chi connectivity index (χ1) is 14.7. The predicted octanol–water partition coefficient (Wildman–Crippen LogP) is 8.14. The Balaban J connectivity index is 1.34. The number of benzene rings is 2. The maximum absolute atomic E-state index is 3.35. The first kappa shape index (κ1) is 21.2. The Bertz CT molecular complexity index is 846. The maximum Gasteiger partial charge on any atom is 0.0249 e. The first-order valence-corrected chi connectivity index (χ1v) is 12.5. The van der Waals surface area contributed by atoms with Gasteiger partial charge in [-0.05, 0) is 97.6 Å². The van der Waals surface area contributed by atoms with E-state index in [1.165, 1.54) is 63.4 Å². The van der Waals surface area contributed by atoms with Gasteiger partial charge in [-0.25, -0.2) is 0 Å². The average molecular weight is 399 g/mol. The van der Waals surface area contributed by atoms with E-state index in [2.05, 4.69) is 74.2 Å². The van der Waals surface area contributed by atoms with Crippen LogP contribution in [0.3, 0.4) is 0 Å². The Morgan fingerprint density at radius 3 is 2.00 bits per heavy atom. The molecule has 2 aromatic rings. The van der Waals surface area contributed by atoms with Crippen LogP contribution in [0, 0.1) is 29.6 Å². The predicted molar refractivity (Wildman–Crippen MR) is 129 cm³/mol. The molecule has 2 aliphatic carbocycles. The van der Waals surface area contributed by atoms with Crippen LogP contribution < -0.4 is 0 Å². The highest BCUT2D eigenvalue weighted by Gasteiger charge is 2.35. The molecular weight excluding hydrogens is 360 g/mol. The molecule has 0 spiro atoms. The Hall–Kier alpha value is -2.00. The molecule has 2 aromatic carbocycles.